The first kappa shape index (κ1) is 22.1. The van der Waals surface area contributed by atoms with Crippen LogP contribution in [0.3, 0.4) is 0 Å². The van der Waals surface area contributed by atoms with Crippen molar-refractivity contribution in [1.29, 1.82) is 0 Å². The molecule has 0 aromatic carbocycles. The minimum Gasteiger partial charge on any atom is -0.368 e. The van der Waals surface area contributed by atoms with E-state index in [0.717, 1.165) is 48.9 Å². The van der Waals surface area contributed by atoms with E-state index in [9.17, 15) is 0 Å². The number of aromatic nitrogens is 4. The fraction of sp³-hybridized carbons (Fsp3) is 0.577. The third kappa shape index (κ3) is 5.29. The number of fused-ring (bicyclic) bond motifs is 1. The zero-order valence-electron chi connectivity index (χ0n) is 20.1. The average molecular weight is 448 g/mol. The van der Waals surface area contributed by atoms with Crippen molar-refractivity contribution in [1.82, 2.24) is 24.4 Å². The molecule has 3 aromatic rings. The van der Waals surface area contributed by atoms with Crippen molar-refractivity contribution in [3.63, 3.8) is 0 Å². The topological polar surface area (TPSA) is 62.1 Å². The van der Waals surface area contributed by atoms with Crippen molar-refractivity contribution in [2.24, 2.45) is 5.92 Å². The summed E-state index contributed by atoms with van der Waals surface area (Å²) < 4.78 is 2.33. The van der Waals surface area contributed by atoms with Gasteiger partial charge in [-0.05, 0) is 56.3 Å². The van der Waals surface area contributed by atoms with E-state index in [1.54, 1.807) is 0 Å². The van der Waals surface area contributed by atoms with Crippen molar-refractivity contribution in [2.45, 2.75) is 58.4 Å². The summed E-state index contributed by atoms with van der Waals surface area (Å²) in [5, 5.41) is 4.40. The van der Waals surface area contributed by atoms with E-state index in [1.807, 2.05) is 18.5 Å². The molecule has 0 amide bonds. The monoisotopic (exact) mass is 447 g/mol. The molecule has 5 rings (SSSR count). The molecular weight excluding hydrogens is 410 g/mol. The molecule has 0 bridgehead atoms. The van der Waals surface area contributed by atoms with Crippen LogP contribution in [0.15, 0.2) is 36.8 Å². The molecule has 2 fully saturated rings. The van der Waals surface area contributed by atoms with Crippen LogP contribution in [0.2, 0.25) is 0 Å². The van der Waals surface area contributed by atoms with Gasteiger partial charge in [-0.2, -0.15) is 4.98 Å². The van der Waals surface area contributed by atoms with E-state index in [0.29, 0.717) is 12.0 Å². The number of rotatable bonds is 8. The van der Waals surface area contributed by atoms with E-state index in [2.05, 4.69) is 61.8 Å². The fourth-order valence-electron chi connectivity index (χ4n) is 5.19. The lowest BCUT2D eigenvalue weighted by molar-refractivity contribution is 0.248. The third-order valence-corrected chi connectivity index (χ3v) is 7.15. The lowest BCUT2D eigenvalue weighted by atomic mass is 10.1. The van der Waals surface area contributed by atoms with E-state index >= 15 is 0 Å². The third-order valence-electron chi connectivity index (χ3n) is 7.15. The summed E-state index contributed by atoms with van der Waals surface area (Å²) in [6.07, 6.45) is 13.8. The summed E-state index contributed by atoms with van der Waals surface area (Å²) in [6, 6.07) is 6.88. The number of hydrogen-bond donors (Lipinski definition) is 1. The molecule has 0 radical (unpaired) electrons. The molecule has 0 unspecified atom stereocenters. The Kier molecular flexibility index (Phi) is 6.76. The van der Waals surface area contributed by atoms with E-state index in [4.69, 9.17) is 4.98 Å². The van der Waals surface area contributed by atoms with Gasteiger partial charge >= 0.3 is 0 Å². The van der Waals surface area contributed by atoms with Gasteiger partial charge in [-0.1, -0.05) is 26.7 Å². The molecule has 1 aliphatic heterocycles. The van der Waals surface area contributed by atoms with Crippen LogP contribution in [0.5, 0.6) is 0 Å². The molecule has 2 aliphatic rings. The molecular formula is C26H37N7. The molecule has 176 valence electrons. The van der Waals surface area contributed by atoms with Crippen LogP contribution in [0.4, 0.5) is 17.5 Å². The fourth-order valence-corrected chi connectivity index (χ4v) is 5.19. The SMILES string of the molecule is CC(C)CCCN1CCN(c2ccc(Nc3ncc4ccn(C5CCCC5)c4n3)nc2)CC1. The highest BCUT2D eigenvalue weighted by Crippen LogP contribution is 2.32. The van der Waals surface area contributed by atoms with Crippen LogP contribution >= 0.6 is 0 Å². The minimum atomic E-state index is 0.568. The van der Waals surface area contributed by atoms with Crippen molar-refractivity contribution >= 4 is 28.5 Å². The van der Waals surface area contributed by atoms with Crippen molar-refractivity contribution in [3.8, 4) is 0 Å². The molecule has 7 heteroatoms. The predicted octanol–water partition coefficient (Wildman–Crippen LogP) is 5.24. The Morgan fingerprint density at radius 1 is 1.00 bits per heavy atom. The minimum absolute atomic E-state index is 0.568. The first-order chi connectivity index (χ1) is 16.2. The molecule has 3 aromatic heterocycles. The van der Waals surface area contributed by atoms with Gasteiger partial charge in [0.05, 0.1) is 11.9 Å². The molecule has 4 heterocycles. The maximum Gasteiger partial charge on any atom is 0.230 e. The molecule has 1 aliphatic carbocycles. The average Bonchev–Trinajstić information content (AvgIpc) is 3.49. The van der Waals surface area contributed by atoms with Crippen LogP contribution in [0.1, 0.15) is 58.4 Å². The summed E-state index contributed by atoms with van der Waals surface area (Å²) in [5.41, 5.74) is 2.20. The highest BCUT2D eigenvalue weighted by atomic mass is 15.3. The van der Waals surface area contributed by atoms with Gasteiger partial charge in [0.25, 0.3) is 0 Å². The van der Waals surface area contributed by atoms with Gasteiger partial charge in [0, 0.05) is 50.0 Å². The normalized spacial score (nSPS) is 18.0. The molecule has 7 nitrogen and oxygen atoms in total. The van der Waals surface area contributed by atoms with Crippen LogP contribution < -0.4 is 10.2 Å². The standard InChI is InChI=1S/C26H37N7/c1-20(2)6-5-12-31-14-16-32(17-15-31)23-9-10-24(27-19-23)29-26-28-18-21-11-13-33(25(21)30-26)22-7-3-4-8-22/h9-11,13,18-20,22H,3-8,12,14-17H2,1-2H3,(H,27,28,29,30). The first-order valence-corrected chi connectivity index (χ1v) is 12.7. The molecule has 0 atom stereocenters. The number of pyridine rings is 1. The maximum absolute atomic E-state index is 4.82. The van der Waals surface area contributed by atoms with Crippen molar-refractivity contribution in [2.75, 3.05) is 42.9 Å². The van der Waals surface area contributed by atoms with Crippen LogP contribution in [-0.4, -0.2) is 57.1 Å². The second-order valence-corrected chi connectivity index (χ2v) is 10.0. The van der Waals surface area contributed by atoms with E-state index < -0.39 is 0 Å². The molecule has 33 heavy (non-hydrogen) atoms. The highest BCUT2D eigenvalue weighted by Gasteiger charge is 2.20. The first-order valence-electron chi connectivity index (χ1n) is 12.7. The number of hydrogen-bond acceptors (Lipinski definition) is 6. The largest absolute Gasteiger partial charge is 0.368 e. The number of nitrogens with zero attached hydrogens (tertiary/aromatic N) is 6. The Hall–Kier alpha value is -2.67. The summed E-state index contributed by atoms with van der Waals surface area (Å²) >= 11 is 0. The van der Waals surface area contributed by atoms with E-state index in [-0.39, 0.29) is 0 Å². The number of anilines is 3. The molecule has 0 spiro atoms. The highest BCUT2D eigenvalue weighted by molar-refractivity contribution is 5.77. The maximum atomic E-state index is 4.82. The number of nitrogens with one attached hydrogen (secondary N) is 1. The van der Waals surface area contributed by atoms with Gasteiger partial charge in [0.15, 0.2) is 0 Å². The Balaban J connectivity index is 1.18. The van der Waals surface area contributed by atoms with Crippen LogP contribution in [-0.2, 0) is 0 Å². The quantitative estimate of drug-likeness (QED) is 0.509. The zero-order chi connectivity index (χ0) is 22.6. The Morgan fingerprint density at radius 3 is 2.55 bits per heavy atom. The van der Waals surface area contributed by atoms with Gasteiger partial charge in [0.1, 0.15) is 11.5 Å². The lowest BCUT2D eigenvalue weighted by Gasteiger charge is -2.36. The molecule has 1 N–H and O–H groups in total. The zero-order valence-corrected chi connectivity index (χ0v) is 20.1. The summed E-state index contributed by atoms with van der Waals surface area (Å²) in [5.74, 6) is 2.19. The number of piperazine rings is 1. The lowest BCUT2D eigenvalue weighted by Crippen LogP contribution is -2.46. The Morgan fingerprint density at radius 2 is 1.82 bits per heavy atom. The van der Waals surface area contributed by atoms with Gasteiger partial charge in [-0.25, -0.2) is 9.97 Å². The summed E-state index contributed by atoms with van der Waals surface area (Å²) in [7, 11) is 0. The van der Waals surface area contributed by atoms with Gasteiger partial charge in [0.2, 0.25) is 5.95 Å². The molecule has 1 saturated heterocycles. The predicted molar refractivity (Wildman–Crippen MR) is 135 cm³/mol. The van der Waals surface area contributed by atoms with Crippen LogP contribution in [0, 0.1) is 5.92 Å². The molecule has 1 saturated carbocycles. The van der Waals surface area contributed by atoms with Gasteiger partial charge < -0.3 is 14.8 Å². The second kappa shape index (κ2) is 10.1. The van der Waals surface area contributed by atoms with Crippen molar-refractivity contribution < 1.29 is 0 Å². The Bertz CT molecular complexity index is 1030. The Labute approximate surface area is 197 Å². The second-order valence-electron chi connectivity index (χ2n) is 10.0. The smallest absolute Gasteiger partial charge is 0.230 e. The van der Waals surface area contributed by atoms with Crippen molar-refractivity contribution in [3.05, 3.63) is 36.8 Å². The summed E-state index contributed by atoms with van der Waals surface area (Å²) in [4.78, 5) is 19.0. The van der Waals surface area contributed by atoms with Gasteiger partial charge in [-0.15, -0.1) is 0 Å². The van der Waals surface area contributed by atoms with Gasteiger partial charge in [-0.3, -0.25) is 4.90 Å². The summed E-state index contributed by atoms with van der Waals surface area (Å²) in [6.45, 7) is 10.2. The van der Waals surface area contributed by atoms with E-state index in [1.165, 1.54) is 50.8 Å². The van der Waals surface area contributed by atoms with Crippen LogP contribution in [0.25, 0.3) is 11.0 Å².